The van der Waals surface area contributed by atoms with Gasteiger partial charge in [0.25, 0.3) is 0 Å². The molecule has 0 saturated heterocycles. The number of aromatic amines is 1. The third kappa shape index (κ3) is 2.40. The van der Waals surface area contributed by atoms with Crippen LogP contribution < -0.4 is 5.73 Å². The van der Waals surface area contributed by atoms with Gasteiger partial charge in [-0.1, -0.05) is 41.4 Å². The molecular formula is C16H14ClN3. The summed E-state index contributed by atoms with van der Waals surface area (Å²) < 4.78 is 0. The molecule has 3 rings (SSSR count). The minimum atomic E-state index is 0.490. The molecule has 2 aromatic rings. The minimum Gasteiger partial charge on any atom is -0.385 e. The van der Waals surface area contributed by atoms with Crippen LogP contribution in [0.5, 0.6) is 0 Å². The largest absolute Gasteiger partial charge is 0.385 e. The van der Waals surface area contributed by atoms with Gasteiger partial charge in [0.15, 0.2) is 0 Å². The summed E-state index contributed by atoms with van der Waals surface area (Å²) in [5, 5.41) is 0.490. The molecule has 1 aliphatic heterocycles. The van der Waals surface area contributed by atoms with Crippen molar-refractivity contribution in [2.24, 2.45) is 4.99 Å². The zero-order valence-electron chi connectivity index (χ0n) is 11.0. The number of allylic oxidation sites excluding steroid dienone is 2. The lowest BCUT2D eigenvalue weighted by Crippen LogP contribution is -1.93. The number of hydrogen-bond donors (Lipinski definition) is 2. The average molecular weight is 284 g/mol. The maximum Gasteiger partial charge on any atom is 0.129 e. The summed E-state index contributed by atoms with van der Waals surface area (Å²) >= 11 is 5.95. The Morgan fingerprint density at radius 2 is 1.85 bits per heavy atom. The van der Waals surface area contributed by atoms with Gasteiger partial charge >= 0.3 is 0 Å². The number of nitrogens with two attached hydrogens (primary N) is 1. The van der Waals surface area contributed by atoms with E-state index in [1.807, 2.05) is 18.2 Å². The summed E-state index contributed by atoms with van der Waals surface area (Å²) in [6.07, 6.45) is 3.70. The van der Waals surface area contributed by atoms with Crippen molar-refractivity contribution >= 4 is 28.2 Å². The third-order valence-corrected chi connectivity index (χ3v) is 3.39. The van der Waals surface area contributed by atoms with Crippen LogP contribution in [0.2, 0.25) is 0 Å². The second kappa shape index (κ2) is 5.02. The van der Waals surface area contributed by atoms with Crippen LogP contribution in [-0.2, 0) is 0 Å². The van der Waals surface area contributed by atoms with Crippen LogP contribution in [0.25, 0.3) is 5.57 Å². The lowest BCUT2D eigenvalue weighted by Gasteiger charge is -2.08. The third-order valence-electron chi connectivity index (χ3n) is 3.18. The van der Waals surface area contributed by atoms with Crippen LogP contribution in [0.3, 0.4) is 0 Å². The fourth-order valence-corrected chi connectivity index (χ4v) is 2.35. The monoisotopic (exact) mass is 283 g/mol. The Morgan fingerprint density at radius 3 is 2.40 bits per heavy atom. The number of aryl methyl sites for hydroxylation is 1. The van der Waals surface area contributed by atoms with Crippen LogP contribution >= 0.6 is 11.6 Å². The number of hydrogen-bond acceptors (Lipinski definition) is 2. The Hall–Kier alpha value is -2.26. The quantitative estimate of drug-likeness (QED) is 0.863. The maximum atomic E-state index is 5.95. The molecule has 2 heterocycles. The molecule has 0 amide bonds. The number of nitrogen functional groups attached to an aromatic ring is 1. The molecule has 3 N–H and O–H groups in total. The van der Waals surface area contributed by atoms with Crippen molar-refractivity contribution < 1.29 is 0 Å². The standard InChI is InChI=1S/C16H14ClN3/c1-10-2-4-11(5-3-10)16(12-6-8-14(17)19-12)13-7-9-15(18)20-13/h2-9,20H,18H2,1H3/b16-12-. The predicted octanol–water partition coefficient (Wildman–Crippen LogP) is 3.87. The number of nitrogens with zero attached hydrogens (tertiary/aromatic N) is 1. The molecule has 1 aromatic carbocycles. The van der Waals surface area contributed by atoms with Crippen LogP contribution in [0.15, 0.2) is 59.2 Å². The van der Waals surface area contributed by atoms with Crippen molar-refractivity contribution in [1.82, 2.24) is 4.98 Å². The Bertz CT molecular complexity index is 733. The Kier molecular flexibility index (Phi) is 3.20. The molecule has 20 heavy (non-hydrogen) atoms. The molecule has 3 nitrogen and oxygen atoms in total. The van der Waals surface area contributed by atoms with Crippen LogP contribution in [-0.4, -0.2) is 10.2 Å². The second-order valence-electron chi connectivity index (χ2n) is 4.72. The van der Waals surface area contributed by atoms with Crippen LogP contribution in [0.1, 0.15) is 16.8 Å². The molecule has 0 fully saturated rings. The summed E-state index contributed by atoms with van der Waals surface area (Å²) in [6.45, 7) is 2.06. The van der Waals surface area contributed by atoms with E-state index in [0.717, 1.165) is 22.5 Å². The highest BCUT2D eigenvalue weighted by molar-refractivity contribution is 6.69. The fraction of sp³-hybridized carbons (Fsp3) is 0.0625. The fourth-order valence-electron chi connectivity index (χ4n) is 2.20. The predicted molar refractivity (Wildman–Crippen MR) is 84.8 cm³/mol. The first kappa shape index (κ1) is 12.8. The first-order valence-electron chi connectivity index (χ1n) is 6.32. The number of nitrogens with one attached hydrogen (secondary N) is 1. The van der Waals surface area contributed by atoms with E-state index in [2.05, 4.69) is 41.2 Å². The average Bonchev–Trinajstić information content (AvgIpc) is 3.02. The molecule has 0 atom stereocenters. The van der Waals surface area contributed by atoms with Crippen LogP contribution in [0, 0.1) is 6.92 Å². The molecule has 0 spiro atoms. The number of rotatable bonds is 2. The molecule has 0 unspecified atom stereocenters. The first-order chi connectivity index (χ1) is 9.63. The SMILES string of the molecule is Cc1ccc(/C(=C2\C=CC(Cl)=N2)c2ccc(N)[nH]2)cc1. The van der Waals surface area contributed by atoms with Gasteiger partial charge in [-0.2, -0.15) is 0 Å². The number of benzene rings is 1. The summed E-state index contributed by atoms with van der Waals surface area (Å²) in [6, 6.07) is 12.1. The van der Waals surface area contributed by atoms with Gasteiger partial charge < -0.3 is 10.7 Å². The topological polar surface area (TPSA) is 54.2 Å². The molecule has 0 radical (unpaired) electrons. The van der Waals surface area contributed by atoms with Gasteiger partial charge in [0.05, 0.1) is 5.70 Å². The molecule has 1 aromatic heterocycles. The van der Waals surface area contributed by atoms with Gasteiger partial charge in [0, 0.05) is 11.3 Å². The molecular weight excluding hydrogens is 270 g/mol. The lowest BCUT2D eigenvalue weighted by atomic mass is 9.99. The zero-order chi connectivity index (χ0) is 14.1. The minimum absolute atomic E-state index is 0.490. The molecule has 4 heteroatoms. The Morgan fingerprint density at radius 1 is 1.10 bits per heavy atom. The number of H-pyrrole nitrogens is 1. The maximum absolute atomic E-state index is 5.95. The Labute approximate surface area is 122 Å². The van der Waals surface area contributed by atoms with E-state index in [1.54, 1.807) is 6.08 Å². The van der Waals surface area contributed by atoms with E-state index in [9.17, 15) is 0 Å². The van der Waals surface area contributed by atoms with Crippen molar-refractivity contribution in [3.63, 3.8) is 0 Å². The molecule has 0 aliphatic carbocycles. The van der Waals surface area contributed by atoms with Crippen molar-refractivity contribution in [2.45, 2.75) is 6.92 Å². The van der Waals surface area contributed by atoms with Gasteiger partial charge in [-0.3, -0.25) is 0 Å². The van der Waals surface area contributed by atoms with Crippen molar-refractivity contribution in [3.8, 4) is 0 Å². The van der Waals surface area contributed by atoms with Crippen molar-refractivity contribution in [3.05, 3.63) is 71.1 Å². The number of aliphatic imine (C=N–C) groups is 1. The summed E-state index contributed by atoms with van der Waals surface area (Å²) in [7, 11) is 0. The Balaban J connectivity index is 2.19. The molecule has 100 valence electrons. The van der Waals surface area contributed by atoms with E-state index in [4.69, 9.17) is 17.3 Å². The van der Waals surface area contributed by atoms with Crippen LogP contribution in [0.4, 0.5) is 5.82 Å². The normalized spacial score (nSPS) is 16.4. The number of anilines is 1. The van der Waals surface area contributed by atoms with Crippen molar-refractivity contribution in [1.29, 1.82) is 0 Å². The van der Waals surface area contributed by atoms with Gasteiger partial charge in [-0.25, -0.2) is 4.99 Å². The zero-order valence-corrected chi connectivity index (χ0v) is 11.8. The van der Waals surface area contributed by atoms with Gasteiger partial charge in [-0.05, 0) is 36.8 Å². The smallest absolute Gasteiger partial charge is 0.129 e. The number of aromatic nitrogens is 1. The molecule has 0 bridgehead atoms. The summed E-state index contributed by atoms with van der Waals surface area (Å²) in [4.78, 5) is 7.52. The second-order valence-corrected chi connectivity index (χ2v) is 5.11. The van der Waals surface area contributed by atoms with Crippen molar-refractivity contribution in [2.75, 3.05) is 5.73 Å². The summed E-state index contributed by atoms with van der Waals surface area (Å²) in [5.74, 6) is 0.627. The highest BCUT2D eigenvalue weighted by atomic mass is 35.5. The van der Waals surface area contributed by atoms with E-state index < -0.39 is 0 Å². The van der Waals surface area contributed by atoms with E-state index in [1.165, 1.54) is 5.56 Å². The van der Waals surface area contributed by atoms with E-state index >= 15 is 0 Å². The van der Waals surface area contributed by atoms with E-state index in [0.29, 0.717) is 11.0 Å². The number of halogens is 1. The first-order valence-corrected chi connectivity index (χ1v) is 6.70. The summed E-state index contributed by atoms with van der Waals surface area (Å²) in [5.41, 5.74) is 10.8. The highest BCUT2D eigenvalue weighted by Gasteiger charge is 2.14. The van der Waals surface area contributed by atoms with Gasteiger partial charge in [-0.15, -0.1) is 0 Å². The lowest BCUT2D eigenvalue weighted by molar-refractivity contribution is 1.32. The highest BCUT2D eigenvalue weighted by Crippen LogP contribution is 2.30. The molecule has 1 aliphatic rings. The van der Waals surface area contributed by atoms with Gasteiger partial charge in [0.2, 0.25) is 0 Å². The van der Waals surface area contributed by atoms with E-state index in [-0.39, 0.29) is 0 Å². The molecule has 0 saturated carbocycles. The van der Waals surface area contributed by atoms with Gasteiger partial charge in [0.1, 0.15) is 11.0 Å².